The lowest BCUT2D eigenvalue weighted by molar-refractivity contribution is -0.384. The van der Waals surface area contributed by atoms with Crippen molar-refractivity contribution in [2.45, 2.75) is 39.5 Å². The topological polar surface area (TPSA) is 149 Å². The van der Waals surface area contributed by atoms with Crippen LogP contribution in [0, 0.1) is 17.0 Å². The highest BCUT2D eigenvalue weighted by molar-refractivity contribution is 6.05. The van der Waals surface area contributed by atoms with Crippen molar-refractivity contribution in [2.24, 2.45) is 0 Å². The summed E-state index contributed by atoms with van der Waals surface area (Å²) in [6, 6.07) is 17.1. The minimum atomic E-state index is -5.05. The van der Waals surface area contributed by atoms with Crippen LogP contribution in [0.25, 0.3) is 0 Å². The van der Waals surface area contributed by atoms with Crippen molar-refractivity contribution in [3.8, 4) is 5.75 Å². The van der Waals surface area contributed by atoms with Crippen LogP contribution in [0.5, 0.6) is 5.75 Å². The lowest BCUT2D eigenvalue weighted by atomic mass is 10.1. The van der Waals surface area contributed by atoms with Gasteiger partial charge in [0.1, 0.15) is 11.4 Å². The fourth-order valence-electron chi connectivity index (χ4n) is 3.17. The van der Waals surface area contributed by atoms with E-state index in [4.69, 9.17) is 4.74 Å². The van der Waals surface area contributed by atoms with Gasteiger partial charge in [-0.2, -0.15) is 13.2 Å². The Kier molecular flexibility index (Phi) is 11.0. The molecule has 0 radical (unpaired) electrons. The van der Waals surface area contributed by atoms with Gasteiger partial charge in [-0.15, -0.1) is 0 Å². The maximum Gasteiger partial charge on any atom is 0.471 e. The molecule has 3 aromatic carbocycles. The normalized spacial score (nSPS) is 10.9. The predicted molar refractivity (Wildman–Crippen MR) is 150 cm³/mol. The summed E-state index contributed by atoms with van der Waals surface area (Å²) in [5.74, 6) is -2.59. The number of aryl methyl sites for hydroxylation is 1. The zero-order valence-corrected chi connectivity index (χ0v) is 23.3. The SMILES string of the molecule is COc1cc([N+](=O)[O-])ccc1NC(=O)C(F)(F)F.Cc1ccccc1C(=O)Nc1ccc(NC(=O)OC(C)(C)C)cc1. The molecule has 0 aromatic heterocycles. The van der Waals surface area contributed by atoms with Crippen LogP contribution in [-0.2, 0) is 9.53 Å². The van der Waals surface area contributed by atoms with Crippen LogP contribution in [0.15, 0.2) is 66.7 Å². The van der Waals surface area contributed by atoms with Crippen molar-refractivity contribution < 1.29 is 42.0 Å². The van der Waals surface area contributed by atoms with Gasteiger partial charge in [0, 0.05) is 23.0 Å². The molecule has 0 aliphatic carbocycles. The van der Waals surface area contributed by atoms with Crippen LogP contribution in [0.2, 0.25) is 0 Å². The number of benzene rings is 3. The summed E-state index contributed by atoms with van der Waals surface area (Å²) in [6.45, 7) is 7.30. The Morgan fingerprint density at radius 1 is 0.857 bits per heavy atom. The molecule has 0 bridgehead atoms. The lowest BCUT2D eigenvalue weighted by Gasteiger charge is -2.19. The van der Waals surface area contributed by atoms with Crippen LogP contribution >= 0.6 is 0 Å². The largest absolute Gasteiger partial charge is 0.494 e. The second-order valence-corrected chi connectivity index (χ2v) is 9.57. The number of anilines is 3. The van der Waals surface area contributed by atoms with Crippen LogP contribution < -0.4 is 20.7 Å². The van der Waals surface area contributed by atoms with E-state index in [1.807, 2.05) is 25.1 Å². The summed E-state index contributed by atoms with van der Waals surface area (Å²) in [5.41, 5.74) is 1.58. The molecule has 3 N–H and O–H groups in total. The number of rotatable bonds is 6. The standard InChI is InChI=1S/C19H22N2O3.C9H7F3N2O4/c1-13-7-5-6-8-16(13)17(22)20-14-9-11-15(12-10-14)21-18(23)24-19(2,3)4;1-18-7-4-5(14(16)17)2-3-6(7)13-8(15)9(10,11)12/h5-12H,1-4H3,(H,20,22)(H,21,23);2-4H,1H3,(H,13,15). The van der Waals surface area contributed by atoms with Crippen molar-refractivity contribution >= 4 is 40.7 Å². The average molecular weight is 591 g/mol. The number of ether oxygens (including phenoxy) is 2. The van der Waals surface area contributed by atoms with E-state index < -0.39 is 28.7 Å². The van der Waals surface area contributed by atoms with Crippen molar-refractivity contribution in [2.75, 3.05) is 23.1 Å². The molecule has 0 unspecified atom stereocenters. The molecular formula is C28H29F3N4O7. The van der Waals surface area contributed by atoms with Crippen molar-refractivity contribution in [1.29, 1.82) is 0 Å². The first-order valence-corrected chi connectivity index (χ1v) is 12.2. The van der Waals surface area contributed by atoms with Crippen molar-refractivity contribution in [1.82, 2.24) is 0 Å². The number of non-ortho nitro benzene ring substituents is 1. The van der Waals surface area contributed by atoms with Gasteiger partial charge >= 0.3 is 18.2 Å². The number of carbonyl (C=O) groups excluding carboxylic acids is 3. The van der Waals surface area contributed by atoms with Crippen LogP contribution in [-0.4, -0.2) is 41.7 Å². The van der Waals surface area contributed by atoms with Crippen LogP contribution in [0.1, 0.15) is 36.7 Å². The summed E-state index contributed by atoms with van der Waals surface area (Å²) in [4.78, 5) is 44.4. The second-order valence-electron chi connectivity index (χ2n) is 9.57. The summed E-state index contributed by atoms with van der Waals surface area (Å²) in [6.07, 6.45) is -5.56. The number of nitrogens with one attached hydrogen (secondary N) is 3. The Balaban J connectivity index is 0.000000307. The monoisotopic (exact) mass is 590 g/mol. The van der Waals surface area contributed by atoms with Gasteiger partial charge in [-0.25, -0.2) is 4.79 Å². The highest BCUT2D eigenvalue weighted by Crippen LogP contribution is 2.30. The molecule has 0 atom stereocenters. The quantitative estimate of drug-likeness (QED) is 0.214. The first-order chi connectivity index (χ1) is 19.5. The number of halogens is 3. The smallest absolute Gasteiger partial charge is 0.471 e. The minimum Gasteiger partial charge on any atom is -0.494 e. The van der Waals surface area contributed by atoms with Gasteiger partial charge in [-0.1, -0.05) is 18.2 Å². The number of amides is 3. The van der Waals surface area contributed by atoms with Crippen molar-refractivity contribution in [3.63, 3.8) is 0 Å². The molecular weight excluding hydrogens is 561 g/mol. The summed E-state index contributed by atoms with van der Waals surface area (Å²) in [5, 5.41) is 17.5. The Morgan fingerprint density at radius 2 is 1.43 bits per heavy atom. The van der Waals surface area contributed by atoms with Gasteiger partial charge in [-0.05, 0) is 69.7 Å². The third kappa shape index (κ3) is 10.4. The number of hydrogen-bond donors (Lipinski definition) is 3. The van der Waals surface area contributed by atoms with Crippen molar-refractivity contribution in [3.05, 3.63) is 88.0 Å². The van der Waals surface area contributed by atoms with Crippen LogP contribution in [0.3, 0.4) is 0 Å². The third-order valence-electron chi connectivity index (χ3n) is 5.08. The molecule has 0 fully saturated rings. The van der Waals surface area contributed by atoms with E-state index in [1.54, 1.807) is 56.4 Å². The molecule has 0 aliphatic rings. The second kappa shape index (κ2) is 14.0. The van der Waals surface area contributed by atoms with Gasteiger partial charge in [-0.3, -0.25) is 25.0 Å². The molecule has 3 rings (SSSR count). The van der Waals surface area contributed by atoms with Gasteiger partial charge in [0.05, 0.1) is 23.8 Å². The molecule has 3 amide bonds. The zero-order valence-electron chi connectivity index (χ0n) is 23.3. The van der Waals surface area contributed by atoms with Gasteiger partial charge < -0.3 is 20.1 Å². The summed E-state index contributed by atoms with van der Waals surface area (Å²) < 4.78 is 45.9. The molecule has 0 spiro atoms. The fourth-order valence-corrected chi connectivity index (χ4v) is 3.17. The Bertz CT molecular complexity index is 1440. The number of nitro benzene ring substituents is 1. The van der Waals surface area contributed by atoms with Gasteiger partial charge in [0.25, 0.3) is 11.6 Å². The number of nitrogens with zero attached hydrogens (tertiary/aromatic N) is 1. The number of carbonyl (C=O) groups is 3. The number of methoxy groups -OCH3 is 1. The van der Waals surface area contributed by atoms with E-state index in [2.05, 4.69) is 15.4 Å². The summed E-state index contributed by atoms with van der Waals surface area (Å²) >= 11 is 0. The Hall–Kier alpha value is -5.14. The molecule has 11 nitrogen and oxygen atoms in total. The van der Waals surface area contributed by atoms with E-state index in [1.165, 1.54) is 0 Å². The molecule has 3 aromatic rings. The Morgan fingerprint density at radius 3 is 1.93 bits per heavy atom. The highest BCUT2D eigenvalue weighted by Gasteiger charge is 2.39. The fraction of sp³-hybridized carbons (Fsp3) is 0.250. The van der Waals surface area contributed by atoms with E-state index in [9.17, 15) is 37.7 Å². The Labute approximate surface area is 239 Å². The van der Waals surface area contributed by atoms with Gasteiger partial charge in [0.2, 0.25) is 0 Å². The van der Waals surface area contributed by atoms with Crippen LogP contribution in [0.4, 0.5) is 40.7 Å². The van der Waals surface area contributed by atoms with E-state index in [0.717, 1.165) is 30.9 Å². The molecule has 0 heterocycles. The molecule has 14 heteroatoms. The predicted octanol–water partition coefficient (Wildman–Crippen LogP) is 6.70. The number of hydrogen-bond acceptors (Lipinski definition) is 7. The highest BCUT2D eigenvalue weighted by atomic mass is 19.4. The molecule has 0 aliphatic heterocycles. The molecule has 42 heavy (non-hydrogen) atoms. The maximum atomic E-state index is 12.3. The summed E-state index contributed by atoms with van der Waals surface area (Å²) in [7, 11) is 1.11. The van der Waals surface area contributed by atoms with Gasteiger partial charge in [0.15, 0.2) is 0 Å². The molecule has 0 saturated carbocycles. The minimum absolute atomic E-state index is 0.166. The third-order valence-corrected chi connectivity index (χ3v) is 5.08. The average Bonchev–Trinajstić information content (AvgIpc) is 2.88. The first-order valence-electron chi connectivity index (χ1n) is 12.2. The zero-order chi connectivity index (χ0) is 31.7. The number of nitro groups is 1. The number of alkyl halides is 3. The first kappa shape index (κ1) is 33.1. The van der Waals surface area contributed by atoms with E-state index >= 15 is 0 Å². The maximum absolute atomic E-state index is 12.3. The molecule has 0 saturated heterocycles. The molecule has 224 valence electrons. The van der Waals surface area contributed by atoms with E-state index in [-0.39, 0.29) is 23.0 Å². The van der Waals surface area contributed by atoms with E-state index in [0.29, 0.717) is 16.9 Å². The lowest BCUT2D eigenvalue weighted by Crippen LogP contribution is -2.30.